The highest BCUT2D eigenvalue weighted by atomic mass is 32.1. The second-order valence-corrected chi connectivity index (χ2v) is 7.58. The van der Waals surface area contributed by atoms with Gasteiger partial charge in [-0.15, -0.1) is 22.7 Å². The summed E-state index contributed by atoms with van der Waals surface area (Å²) in [7, 11) is 0. The first-order chi connectivity index (χ1) is 10.8. The van der Waals surface area contributed by atoms with Gasteiger partial charge in [0.05, 0.1) is 19.4 Å². The van der Waals surface area contributed by atoms with Crippen molar-refractivity contribution in [2.24, 2.45) is 0 Å². The molecule has 3 heterocycles. The number of para-hydroxylation sites is 1. The highest BCUT2D eigenvalue weighted by Crippen LogP contribution is 2.21. The van der Waals surface area contributed by atoms with Crippen LogP contribution in [0.5, 0.6) is 0 Å². The molecule has 0 fully saturated rings. The third kappa shape index (κ3) is 2.68. The van der Waals surface area contributed by atoms with E-state index in [1.54, 1.807) is 22.7 Å². The zero-order valence-electron chi connectivity index (χ0n) is 11.3. The molecule has 0 bridgehead atoms. The minimum Gasteiger partial charge on any atom is -0.313 e. The number of hydrogen-bond acceptors (Lipinski definition) is 5. The molecule has 0 unspecified atom stereocenters. The standard InChI is InChI=1S/C16H10N2OS3/c19-16-13(7-10-5-6-20-9-10)22-15(18-16)8-14-17-11-3-1-2-4-12(11)21-14/h1-9H,(H,18,19)/b13-7-,15-8-. The van der Waals surface area contributed by atoms with E-state index in [1.807, 2.05) is 47.2 Å². The third-order valence-electron chi connectivity index (χ3n) is 3.09. The van der Waals surface area contributed by atoms with E-state index >= 15 is 0 Å². The van der Waals surface area contributed by atoms with Crippen molar-refractivity contribution >= 4 is 56.4 Å². The molecule has 0 radical (unpaired) electrons. The number of thiophene rings is 1. The van der Waals surface area contributed by atoms with Gasteiger partial charge in [-0.2, -0.15) is 11.3 Å². The summed E-state index contributed by atoms with van der Waals surface area (Å²) < 4.78 is 2.69. The van der Waals surface area contributed by atoms with Crippen LogP contribution in [-0.2, 0) is 0 Å². The number of thiazole rings is 2. The number of fused-ring (bicyclic) bond motifs is 1. The van der Waals surface area contributed by atoms with Crippen LogP contribution < -0.4 is 14.8 Å². The first-order valence-electron chi connectivity index (χ1n) is 6.58. The van der Waals surface area contributed by atoms with Crippen LogP contribution in [0.1, 0.15) is 10.6 Å². The molecule has 0 aliphatic carbocycles. The number of H-pyrrole nitrogens is 1. The number of rotatable bonds is 2. The van der Waals surface area contributed by atoms with E-state index in [1.165, 1.54) is 11.3 Å². The van der Waals surface area contributed by atoms with Crippen molar-refractivity contribution in [3.05, 3.63) is 71.2 Å². The van der Waals surface area contributed by atoms with Gasteiger partial charge in [-0.25, -0.2) is 4.98 Å². The zero-order valence-corrected chi connectivity index (χ0v) is 13.7. The summed E-state index contributed by atoms with van der Waals surface area (Å²) in [5.74, 6) is 0. The van der Waals surface area contributed by atoms with Crippen LogP contribution in [0.15, 0.2) is 45.9 Å². The van der Waals surface area contributed by atoms with Crippen molar-refractivity contribution < 1.29 is 0 Å². The average Bonchev–Trinajstić information content (AvgIpc) is 3.20. The van der Waals surface area contributed by atoms with Gasteiger partial charge in [-0.05, 0) is 40.6 Å². The van der Waals surface area contributed by atoms with Crippen LogP contribution in [0.4, 0.5) is 0 Å². The van der Waals surface area contributed by atoms with Crippen LogP contribution >= 0.6 is 34.0 Å². The quantitative estimate of drug-likeness (QED) is 0.609. The highest BCUT2D eigenvalue weighted by Gasteiger charge is 2.01. The molecule has 6 heteroatoms. The van der Waals surface area contributed by atoms with Crippen LogP contribution in [-0.4, -0.2) is 9.97 Å². The summed E-state index contributed by atoms with van der Waals surface area (Å²) in [6.45, 7) is 0. The van der Waals surface area contributed by atoms with Crippen molar-refractivity contribution in [3.63, 3.8) is 0 Å². The number of hydrogen-bond donors (Lipinski definition) is 1. The molecule has 3 nitrogen and oxygen atoms in total. The first-order valence-corrected chi connectivity index (χ1v) is 9.16. The zero-order chi connectivity index (χ0) is 14.9. The fourth-order valence-electron chi connectivity index (χ4n) is 2.10. The third-order valence-corrected chi connectivity index (χ3v) is 5.73. The molecule has 0 saturated heterocycles. The number of nitrogens with zero attached hydrogens (tertiary/aromatic N) is 1. The molecule has 22 heavy (non-hydrogen) atoms. The molecular formula is C16H10N2OS3. The van der Waals surface area contributed by atoms with E-state index in [0.29, 0.717) is 4.53 Å². The lowest BCUT2D eigenvalue weighted by atomic mass is 10.3. The molecule has 3 aromatic heterocycles. The van der Waals surface area contributed by atoms with Crippen molar-refractivity contribution in [2.45, 2.75) is 0 Å². The van der Waals surface area contributed by atoms with Crippen LogP contribution in [0, 0.1) is 0 Å². The minimum absolute atomic E-state index is 0.0523. The second kappa shape index (κ2) is 5.64. The van der Waals surface area contributed by atoms with Gasteiger partial charge >= 0.3 is 0 Å². The fraction of sp³-hybridized carbons (Fsp3) is 0. The minimum atomic E-state index is -0.0523. The largest absolute Gasteiger partial charge is 0.313 e. The van der Waals surface area contributed by atoms with E-state index in [-0.39, 0.29) is 5.56 Å². The SMILES string of the molecule is O=c1[nH]/c(=C/c2nc3ccccc3s2)s/c1=C\c1ccsc1. The Hall–Kier alpha value is -2.02. The summed E-state index contributed by atoms with van der Waals surface area (Å²) in [5.41, 5.74) is 2.00. The van der Waals surface area contributed by atoms with Crippen LogP contribution in [0.3, 0.4) is 0 Å². The van der Waals surface area contributed by atoms with Gasteiger partial charge in [-0.1, -0.05) is 12.1 Å². The van der Waals surface area contributed by atoms with Crippen molar-refractivity contribution in [3.8, 4) is 0 Å². The summed E-state index contributed by atoms with van der Waals surface area (Å²) >= 11 is 4.70. The average molecular weight is 342 g/mol. The van der Waals surface area contributed by atoms with Gasteiger partial charge in [0.25, 0.3) is 5.56 Å². The van der Waals surface area contributed by atoms with Crippen molar-refractivity contribution in [1.29, 1.82) is 0 Å². The smallest absolute Gasteiger partial charge is 0.266 e. The first kappa shape index (κ1) is 13.6. The molecule has 0 saturated carbocycles. The Morgan fingerprint density at radius 3 is 2.82 bits per heavy atom. The molecule has 0 spiro atoms. The summed E-state index contributed by atoms with van der Waals surface area (Å²) in [6.07, 6.45) is 3.84. The monoisotopic (exact) mass is 342 g/mol. The van der Waals surface area contributed by atoms with Crippen LogP contribution in [0.25, 0.3) is 22.4 Å². The maximum absolute atomic E-state index is 12.0. The number of benzene rings is 1. The molecule has 0 atom stereocenters. The molecule has 4 aromatic rings. The lowest BCUT2D eigenvalue weighted by Gasteiger charge is -1.80. The summed E-state index contributed by atoms with van der Waals surface area (Å²) in [6, 6.07) is 10.0. The number of nitrogens with one attached hydrogen (secondary N) is 1. The number of aromatic nitrogens is 2. The Bertz CT molecular complexity index is 1070. The highest BCUT2D eigenvalue weighted by molar-refractivity contribution is 7.19. The van der Waals surface area contributed by atoms with E-state index in [9.17, 15) is 4.79 Å². The van der Waals surface area contributed by atoms with Crippen molar-refractivity contribution in [2.75, 3.05) is 0 Å². The Balaban J connectivity index is 1.81. The predicted molar refractivity (Wildman–Crippen MR) is 95.3 cm³/mol. The second-order valence-electron chi connectivity index (χ2n) is 4.65. The van der Waals surface area contributed by atoms with Gasteiger partial charge in [0.15, 0.2) is 0 Å². The maximum Gasteiger partial charge on any atom is 0.266 e. The topological polar surface area (TPSA) is 45.8 Å². The van der Waals surface area contributed by atoms with Gasteiger partial charge < -0.3 is 4.98 Å². The van der Waals surface area contributed by atoms with E-state index in [4.69, 9.17) is 0 Å². The lowest BCUT2D eigenvalue weighted by Crippen LogP contribution is -2.19. The molecule has 0 amide bonds. The molecule has 1 aromatic carbocycles. The summed E-state index contributed by atoms with van der Waals surface area (Å²) in [5, 5.41) is 4.93. The molecule has 0 aliphatic rings. The molecule has 1 N–H and O–H groups in total. The van der Waals surface area contributed by atoms with Gasteiger partial charge in [0, 0.05) is 6.08 Å². The Morgan fingerprint density at radius 2 is 2.00 bits per heavy atom. The van der Waals surface area contributed by atoms with Gasteiger partial charge in [-0.3, -0.25) is 4.79 Å². The van der Waals surface area contributed by atoms with Gasteiger partial charge in [0.2, 0.25) is 0 Å². The fourth-order valence-corrected chi connectivity index (χ4v) is 4.59. The summed E-state index contributed by atoms with van der Waals surface area (Å²) in [4.78, 5) is 19.5. The van der Waals surface area contributed by atoms with E-state index in [2.05, 4.69) is 16.0 Å². The Kier molecular flexibility index (Phi) is 3.49. The molecule has 4 rings (SSSR count). The normalized spacial score (nSPS) is 13.3. The molecule has 108 valence electrons. The van der Waals surface area contributed by atoms with Gasteiger partial charge in [0.1, 0.15) is 5.01 Å². The lowest BCUT2D eigenvalue weighted by molar-refractivity contribution is 1.25. The predicted octanol–water partition coefficient (Wildman–Crippen LogP) is 2.77. The van der Waals surface area contributed by atoms with E-state index < -0.39 is 0 Å². The number of aromatic amines is 1. The Morgan fingerprint density at radius 1 is 1.09 bits per heavy atom. The maximum atomic E-state index is 12.0. The van der Waals surface area contributed by atoms with Crippen LogP contribution in [0.2, 0.25) is 0 Å². The molecule has 0 aliphatic heterocycles. The molecular weight excluding hydrogens is 332 g/mol. The van der Waals surface area contributed by atoms with Crippen molar-refractivity contribution in [1.82, 2.24) is 9.97 Å². The van der Waals surface area contributed by atoms with E-state index in [0.717, 1.165) is 25.5 Å². The Labute approximate surface area is 137 Å².